The third-order valence-electron chi connectivity index (χ3n) is 2.50. The summed E-state index contributed by atoms with van der Waals surface area (Å²) < 4.78 is 1.99. The van der Waals surface area contributed by atoms with Gasteiger partial charge in [0, 0.05) is 17.5 Å². The number of amides is 1. The molecule has 0 fully saturated rings. The Labute approximate surface area is 113 Å². The molecule has 1 amide bonds. The maximum absolute atomic E-state index is 11.1. The van der Waals surface area contributed by atoms with Crippen LogP contribution < -0.4 is 5.73 Å². The molecule has 1 atom stereocenters. The van der Waals surface area contributed by atoms with E-state index in [0.717, 1.165) is 23.1 Å². The lowest BCUT2D eigenvalue weighted by Gasteiger charge is -2.08. The molecule has 2 N–H and O–H groups in total. The summed E-state index contributed by atoms with van der Waals surface area (Å²) in [5.41, 5.74) is 6.31. The van der Waals surface area contributed by atoms with Crippen molar-refractivity contribution in [3.05, 3.63) is 16.8 Å². The van der Waals surface area contributed by atoms with Gasteiger partial charge >= 0.3 is 0 Å². The average molecular weight is 282 g/mol. The second-order valence-corrected chi connectivity index (χ2v) is 5.81. The lowest BCUT2D eigenvalue weighted by molar-refractivity contribution is -0.117. The van der Waals surface area contributed by atoms with Crippen molar-refractivity contribution in [2.75, 3.05) is 0 Å². The van der Waals surface area contributed by atoms with E-state index < -0.39 is 0 Å². The van der Waals surface area contributed by atoms with Crippen molar-refractivity contribution in [3.8, 4) is 11.4 Å². The van der Waals surface area contributed by atoms with Crippen molar-refractivity contribution in [2.45, 2.75) is 30.8 Å². The van der Waals surface area contributed by atoms with E-state index in [1.54, 1.807) is 18.3 Å². The topological polar surface area (TPSA) is 73.8 Å². The fourth-order valence-electron chi connectivity index (χ4n) is 1.48. The van der Waals surface area contributed by atoms with Gasteiger partial charge < -0.3 is 10.3 Å². The fourth-order valence-corrected chi connectivity index (χ4v) is 2.98. The molecular formula is C11H14N4OS2. The van der Waals surface area contributed by atoms with E-state index in [1.165, 1.54) is 11.8 Å². The summed E-state index contributed by atoms with van der Waals surface area (Å²) in [5.74, 6) is 0.487. The second kappa shape index (κ2) is 5.53. The predicted molar refractivity (Wildman–Crippen MR) is 73.5 cm³/mol. The molecule has 0 aliphatic heterocycles. The minimum absolute atomic E-state index is 0.310. The lowest BCUT2D eigenvalue weighted by Crippen LogP contribution is -2.23. The van der Waals surface area contributed by atoms with Crippen molar-refractivity contribution in [1.82, 2.24) is 14.8 Å². The van der Waals surface area contributed by atoms with Crippen LogP contribution in [0.4, 0.5) is 0 Å². The number of primary amides is 1. The van der Waals surface area contributed by atoms with Crippen LogP contribution in [0.5, 0.6) is 0 Å². The highest BCUT2D eigenvalue weighted by molar-refractivity contribution is 8.00. The van der Waals surface area contributed by atoms with Crippen LogP contribution >= 0.6 is 23.1 Å². The Morgan fingerprint density at radius 3 is 2.94 bits per heavy atom. The van der Waals surface area contributed by atoms with E-state index in [-0.39, 0.29) is 11.2 Å². The van der Waals surface area contributed by atoms with Gasteiger partial charge in [0.15, 0.2) is 11.0 Å². The smallest absolute Gasteiger partial charge is 0.230 e. The van der Waals surface area contributed by atoms with Crippen molar-refractivity contribution < 1.29 is 4.79 Å². The number of rotatable bonds is 5. The van der Waals surface area contributed by atoms with Crippen LogP contribution in [0.15, 0.2) is 22.0 Å². The summed E-state index contributed by atoms with van der Waals surface area (Å²) in [6.45, 7) is 4.55. The maximum atomic E-state index is 11.1. The summed E-state index contributed by atoms with van der Waals surface area (Å²) in [5, 5.41) is 12.8. The number of nitrogens with two attached hydrogens (primary N) is 1. The van der Waals surface area contributed by atoms with E-state index >= 15 is 0 Å². The molecule has 2 aromatic heterocycles. The third-order valence-corrected chi connectivity index (χ3v) is 4.28. The summed E-state index contributed by atoms with van der Waals surface area (Å²) in [6.07, 6.45) is 0. The van der Waals surface area contributed by atoms with Crippen LogP contribution in [0.25, 0.3) is 11.4 Å². The van der Waals surface area contributed by atoms with Gasteiger partial charge in [-0.15, -0.1) is 10.2 Å². The molecule has 2 rings (SSSR count). The summed E-state index contributed by atoms with van der Waals surface area (Å²) in [6, 6.07) is 2.01. The van der Waals surface area contributed by atoms with E-state index in [0.29, 0.717) is 0 Å². The average Bonchev–Trinajstić information content (AvgIpc) is 2.96. The quantitative estimate of drug-likeness (QED) is 0.851. The SMILES string of the molecule is CCn1c(SC(C)C(N)=O)nnc1-c1ccsc1. The molecule has 0 aliphatic carbocycles. The van der Waals surface area contributed by atoms with E-state index in [9.17, 15) is 4.79 Å². The molecule has 0 radical (unpaired) electrons. The Morgan fingerprint density at radius 2 is 2.39 bits per heavy atom. The maximum Gasteiger partial charge on any atom is 0.230 e. The van der Waals surface area contributed by atoms with Gasteiger partial charge in [0.05, 0.1) is 5.25 Å². The van der Waals surface area contributed by atoms with Gasteiger partial charge in [0.1, 0.15) is 0 Å². The molecule has 0 aliphatic rings. The molecule has 0 spiro atoms. The molecule has 0 saturated carbocycles. The number of thiophene rings is 1. The molecule has 7 heteroatoms. The van der Waals surface area contributed by atoms with Gasteiger partial charge in [-0.2, -0.15) is 11.3 Å². The zero-order chi connectivity index (χ0) is 13.1. The van der Waals surface area contributed by atoms with Gasteiger partial charge in [0.25, 0.3) is 0 Å². The molecule has 1 unspecified atom stereocenters. The van der Waals surface area contributed by atoms with Gasteiger partial charge in [-0.3, -0.25) is 4.79 Å². The normalized spacial score (nSPS) is 12.6. The number of thioether (sulfide) groups is 1. The number of nitrogens with zero attached hydrogens (tertiary/aromatic N) is 3. The molecule has 0 aromatic carbocycles. The minimum Gasteiger partial charge on any atom is -0.369 e. The molecule has 2 aromatic rings. The minimum atomic E-state index is -0.345. The monoisotopic (exact) mass is 282 g/mol. The molecule has 5 nitrogen and oxygen atoms in total. The van der Waals surface area contributed by atoms with Crippen LogP contribution in [-0.2, 0) is 11.3 Å². The molecule has 18 heavy (non-hydrogen) atoms. The number of aromatic nitrogens is 3. The Balaban J connectivity index is 2.30. The zero-order valence-electron chi connectivity index (χ0n) is 10.2. The number of hydrogen-bond donors (Lipinski definition) is 1. The van der Waals surface area contributed by atoms with Crippen molar-refractivity contribution in [3.63, 3.8) is 0 Å². The van der Waals surface area contributed by atoms with Crippen molar-refractivity contribution in [1.29, 1.82) is 0 Å². The number of carbonyl (C=O) groups is 1. The predicted octanol–water partition coefficient (Wildman–Crippen LogP) is 1.99. The van der Waals surface area contributed by atoms with Crippen LogP contribution in [-0.4, -0.2) is 25.9 Å². The fraction of sp³-hybridized carbons (Fsp3) is 0.364. The lowest BCUT2D eigenvalue weighted by atomic mass is 10.3. The van der Waals surface area contributed by atoms with Gasteiger partial charge in [-0.1, -0.05) is 11.8 Å². The highest BCUT2D eigenvalue weighted by atomic mass is 32.2. The second-order valence-electron chi connectivity index (χ2n) is 3.72. The molecular weight excluding hydrogens is 268 g/mol. The highest BCUT2D eigenvalue weighted by Crippen LogP contribution is 2.27. The van der Waals surface area contributed by atoms with Gasteiger partial charge in [0.2, 0.25) is 5.91 Å². The molecule has 0 saturated heterocycles. The van der Waals surface area contributed by atoms with E-state index in [1.807, 2.05) is 28.3 Å². The summed E-state index contributed by atoms with van der Waals surface area (Å²) >= 11 is 2.96. The number of hydrogen-bond acceptors (Lipinski definition) is 5. The van der Waals surface area contributed by atoms with Crippen LogP contribution in [0.2, 0.25) is 0 Å². The molecule has 2 heterocycles. The van der Waals surface area contributed by atoms with Gasteiger partial charge in [-0.25, -0.2) is 0 Å². The largest absolute Gasteiger partial charge is 0.369 e. The first-order chi connectivity index (χ1) is 8.63. The summed E-state index contributed by atoms with van der Waals surface area (Å²) in [4.78, 5) is 11.1. The van der Waals surface area contributed by atoms with Crippen molar-refractivity contribution >= 4 is 29.0 Å². The Hall–Kier alpha value is -1.34. The first-order valence-corrected chi connectivity index (χ1v) is 7.37. The van der Waals surface area contributed by atoms with Crippen LogP contribution in [0.1, 0.15) is 13.8 Å². The zero-order valence-corrected chi connectivity index (χ0v) is 11.8. The Bertz CT molecular complexity index is 535. The first kappa shape index (κ1) is 13.1. The van der Waals surface area contributed by atoms with Gasteiger partial charge in [-0.05, 0) is 25.3 Å². The van der Waals surface area contributed by atoms with Crippen LogP contribution in [0, 0.1) is 0 Å². The van der Waals surface area contributed by atoms with E-state index in [4.69, 9.17) is 5.73 Å². The van der Waals surface area contributed by atoms with E-state index in [2.05, 4.69) is 10.2 Å². The van der Waals surface area contributed by atoms with Crippen molar-refractivity contribution in [2.24, 2.45) is 5.73 Å². The molecule has 0 bridgehead atoms. The Kier molecular flexibility index (Phi) is 4.03. The molecule has 96 valence electrons. The Morgan fingerprint density at radius 1 is 1.61 bits per heavy atom. The highest BCUT2D eigenvalue weighted by Gasteiger charge is 2.18. The first-order valence-electron chi connectivity index (χ1n) is 5.55. The third kappa shape index (κ3) is 2.56. The summed E-state index contributed by atoms with van der Waals surface area (Å²) in [7, 11) is 0. The standard InChI is InChI=1S/C11H14N4OS2/c1-3-15-10(8-4-5-17-6-8)13-14-11(15)18-7(2)9(12)16/h4-7H,3H2,1-2H3,(H2,12,16). The number of carbonyl (C=O) groups excluding carboxylic acids is 1. The van der Waals surface area contributed by atoms with Crippen LogP contribution in [0.3, 0.4) is 0 Å².